The maximum atomic E-state index is 2.42. The Kier molecular flexibility index (Phi) is 9.55. The molecule has 0 saturated carbocycles. The summed E-state index contributed by atoms with van der Waals surface area (Å²) in [5.74, 6) is 0. The monoisotopic (exact) mass is 771 g/mol. The molecule has 60 heavy (non-hydrogen) atoms. The minimum absolute atomic E-state index is 0.150. The number of benzene rings is 9. The average molecular weight is 772 g/mol. The average Bonchev–Trinajstić information content (AvgIpc) is 3.54. The van der Waals surface area contributed by atoms with E-state index in [2.05, 4.69) is 265 Å². The van der Waals surface area contributed by atoms with Gasteiger partial charge in [0.25, 0.3) is 0 Å². The Morgan fingerprint density at radius 1 is 0.250 bits per heavy atom. The van der Waals surface area contributed by atoms with Crippen molar-refractivity contribution in [2.75, 3.05) is 14.7 Å². The second kappa shape index (κ2) is 15.6. The highest BCUT2D eigenvalue weighted by Crippen LogP contribution is 2.51. The molecular weight excluding hydrogens is 727 g/mol. The number of hydrogen-bond acceptors (Lipinski definition) is 3. The Hall–Kier alpha value is -7.62. The van der Waals surface area contributed by atoms with Crippen LogP contribution >= 0.6 is 0 Å². The summed E-state index contributed by atoms with van der Waals surface area (Å²) in [6.07, 6.45) is 0. The Labute approximate surface area is 353 Å². The zero-order chi connectivity index (χ0) is 40.5. The fourth-order valence-electron chi connectivity index (χ4n) is 8.90. The molecule has 3 nitrogen and oxygen atoms in total. The summed E-state index contributed by atoms with van der Waals surface area (Å²) in [6.45, 7) is 4.71. The standard InChI is InChI=1S/C57H45N3/c1-57(2)55-35-16-15-34-53(55)54-37-36-52(41-56(54)57)60(50-32-18-30-48(39-50)58(44-23-9-4-10-24-44)45-25-11-5-12-26-45)51-33-19-31-49(40-51)59(46-27-13-6-14-28-46)47-29-17-22-43(38-47)42-20-7-3-8-21-42/h3-41H,1-2H3. The molecule has 0 radical (unpaired) electrons. The molecular formula is C57H45N3. The molecule has 1 aliphatic rings. The van der Waals surface area contributed by atoms with E-state index in [0.29, 0.717) is 0 Å². The van der Waals surface area contributed by atoms with Crippen LogP contribution in [-0.4, -0.2) is 0 Å². The molecule has 10 rings (SSSR count). The molecule has 0 aromatic heterocycles. The number of fused-ring (bicyclic) bond motifs is 3. The number of para-hydroxylation sites is 3. The van der Waals surface area contributed by atoms with Crippen molar-refractivity contribution in [3.8, 4) is 22.3 Å². The minimum Gasteiger partial charge on any atom is -0.310 e. The van der Waals surface area contributed by atoms with E-state index in [-0.39, 0.29) is 5.41 Å². The van der Waals surface area contributed by atoms with E-state index in [4.69, 9.17) is 0 Å². The summed E-state index contributed by atoms with van der Waals surface area (Å²) < 4.78 is 0. The molecule has 0 heterocycles. The highest BCUT2D eigenvalue weighted by atomic mass is 15.2. The van der Waals surface area contributed by atoms with Crippen LogP contribution in [0.2, 0.25) is 0 Å². The highest BCUT2D eigenvalue weighted by molar-refractivity contribution is 5.89. The van der Waals surface area contributed by atoms with Crippen LogP contribution in [0, 0.1) is 0 Å². The summed E-state index contributed by atoms with van der Waals surface area (Å²) in [5, 5.41) is 0. The maximum absolute atomic E-state index is 2.42. The molecule has 0 unspecified atom stereocenters. The first kappa shape index (κ1) is 36.7. The fraction of sp³-hybridized carbons (Fsp3) is 0.0526. The van der Waals surface area contributed by atoms with Gasteiger partial charge in [-0.2, -0.15) is 0 Å². The van der Waals surface area contributed by atoms with Gasteiger partial charge in [-0.15, -0.1) is 0 Å². The summed E-state index contributed by atoms with van der Waals surface area (Å²) in [7, 11) is 0. The van der Waals surface area contributed by atoms with E-state index >= 15 is 0 Å². The van der Waals surface area contributed by atoms with Crippen LogP contribution in [0.1, 0.15) is 25.0 Å². The van der Waals surface area contributed by atoms with Gasteiger partial charge in [0.1, 0.15) is 0 Å². The van der Waals surface area contributed by atoms with Crippen molar-refractivity contribution in [1.82, 2.24) is 0 Å². The minimum atomic E-state index is -0.150. The van der Waals surface area contributed by atoms with Crippen molar-refractivity contribution in [2.24, 2.45) is 0 Å². The van der Waals surface area contributed by atoms with Gasteiger partial charge in [-0.1, -0.05) is 153 Å². The third kappa shape index (κ3) is 6.80. The third-order valence-electron chi connectivity index (χ3n) is 11.8. The lowest BCUT2D eigenvalue weighted by atomic mass is 9.82. The van der Waals surface area contributed by atoms with Crippen molar-refractivity contribution in [3.63, 3.8) is 0 Å². The van der Waals surface area contributed by atoms with Crippen molar-refractivity contribution >= 4 is 51.2 Å². The lowest BCUT2D eigenvalue weighted by molar-refractivity contribution is 0.660. The van der Waals surface area contributed by atoms with Crippen LogP contribution in [0.15, 0.2) is 237 Å². The molecule has 0 amide bonds. The molecule has 0 bridgehead atoms. The van der Waals surface area contributed by atoms with Crippen LogP contribution in [0.5, 0.6) is 0 Å². The smallest absolute Gasteiger partial charge is 0.0482 e. The lowest BCUT2D eigenvalue weighted by Gasteiger charge is -2.31. The zero-order valence-corrected chi connectivity index (χ0v) is 33.9. The largest absolute Gasteiger partial charge is 0.310 e. The highest BCUT2D eigenvalue weighted by Gasteiger charge is 2.36. The van der Waals surface area contributed by atoms with Crippen molar-refractivity contribution in [1.29, 1.82) is 0 Å². The van der Waals surface area contributed by atoms with Crippen LogP contribution in [0.3, 0.4) is 0 Å². The molecule has 3 heteroatoms. The summed E-state index contributed by atoms with van der Waals surface area (Å²) >= 11 is 0. The summed E-state index contributed by atoms with van der Waals surface area (Å²) in [4.78, 5) is 7.11. The van der Waals surface area contributed by atoms with Gasteiger partial charge in [0.2, 0.25) is 0 Å². The second-order valence-electron chi connectivity index (χ2n) is 15.9. The molecule has 288 valence electrons. The van der Waals surface area contributed by atoms with E-state index in [1.807, 2.05) is 0 Å². The molecule has 9 aromatic carbocycles. The predicted molar refractivity (Wildman–Crippen MR) is 253 cm³/mol. The number of nitrogens with zero attached hydrogens (tertiary/aromatic N) is 3. The van der Waals surface area contributed by atoms with Gasteiger partial charge in [0.15, 0.2) is 0 Å². The van der Waals surface area contributed by atoms with Crippen LogP contribution in [0.25, 0.3) is 22.3 Å². The number of anilines is 9. The van der Waals surface area contributed by atoms with Crippen LogP contribution < -0.4 is 14.7 Å². The molecule has 0 fully saturated rings. The SMILES string of the molecule is CC1(C)c2ccccc2-c2ccc(N(c3cccc(N(c4ccccc4)c4ccccc4)c3)c3cccc(N(c4ccccc4)c4cccc(-c5ccccc5)c4)c3)cc21. The summed E-state index contributed by atoms with van der Waals surface area (Å²) in [6, 6.07) is 85.2. The molecule has 1 aliphatic carbocycles. The van der Waals surface area contributed by atoms with Gasteiger partial charge in [-0.3, -0.25) is 0 Å². The number of hydrogen-bond donors (Lipinski definition) is 0. The molecule has 9 aromatic rings. The van der Waals surface area contributed by atoms with Gasteiger partial charge in [-0.05, 0) is 130 Å². The van der Waals surface area contributed by atoms with E-state index in [9.17, 15) is 0 Å². The van der Waals surface area contributed by atoms with Gasteiger partial charge >= 0.3 is 0 Å². The topological polar surface area (TPSA) is 9.72 Å². The molecule has 0 N–H and O–H groups in total. The first-order valence-electron chi connectivity index (χ1n) is 20.7. The maximum Gasteiger partial charge on any atom is 0.0482 e. The van der Waals surface area contributed by atoms with Crippen molar-refractivity contribution < 1.29 is 0 Å². The summed E-state index contributed by atoms with van der Waals surface area (Å²) in [5.41, 5.74) is 17.3. The lowest BCUT2D eigenvalue weighted by Crippen LogP contribution is -2.17. The Balaban J connectivity index is 1.15. The normalized spacial score (nSPS) is 12.3. The quantitative estimate of drug-likeness (QED) is 0.137. The van der Waals surface area contributed by atoms with Crippen LogP contribution in [0.4, 0.5) is 51.2 Å². The molecule has 0 saturated heterocycles. The fourth-order valence-corrected chi connectivity index (χ4v) is 8.90. The van der Waals surface area contributed by atoms with E-state index in [0.717, 1.165) is 51.2 Å². The second-order valence-corrected chi connectivity index (χ2v) is 15.9. The van der Waals surface area contributed by atoms with E-state index < -0.39 is 0 Å². The van der Waals surface area contributed by atoms with Crippen molar-refractivity contribution in [3.05, 3.63) is 248 Å². The van der Waals surface area contributed by atoms with Gasteiger partial charge in [0.05, 0.1) is 0 Å². The van der Waals surface area contributed by atoms with Gasteiger partial charge in [0, 0.05) is 56.6 Å². The van der Waals surface area contributed by atoms with Gasteiger partial charge < -0.3 is 14.7 Å². The first-order chi connectivity index (χ1) is 29.5. The first-order valence-corrected chi connectivity index (χ1v) is 20.7. The zero-order valence-electron chi connectivity index (χ0n) is 33.9. The number of rotatable bonds is 10. The molecule has 0 spiro atoms. The van der Waals surface area contributed by atoms with Gasteiger partial charge in [-0.25, -0.2) is 0 Å². The molecule has 0 aliphatic heterocycles. The van der Waals surface area contributed by atoms with E-state index in [1.54, 1.807) is 0 Å². The molecule has 0 atom stereocenters. The van der Waals surface area contributed by atoms with Crippen molar-refractivity contribution in [2.45, 2.75) is 19.3 Å². The Morgan fingerprint density at radius 3 is 1.13 bits per heavy atom. The van der Waals surface area contributed by atoms with Crippen LogP contribution in [-0.2, 0) is 5.41 Å². The predicted octanol–water partition coefficient (Wildman–Crippen LogP) is 16.1. The Morgan fingerprint density at radius 2 is 0.600 bits per heavy atom. The Bertz CT molecular complexity index is 2870. The van der Waals surface area contributed by atoms with E-state index in [1.165, 1.54) is 33.4 Å². The third-order valence-corrected chi connectivity index (χ3v) is 11.8.